The van der Waals surface area contributed by atoms with E-state index >= 15 is 0 Å². The number of hydrogen-bond acceptors (Lipinski definition) is 5. The number of aromatic nitrogens is 2. The second-order valence-corrected chi connectivity index (χ2v) is 9.35. The molecule has 2 aromatic heterocycles. The molecular weight excluding hydrogens is 480 g/mol. The van der Waals surface area contributed by atoms with Gasteiger partial charge in [-0.3, -0.25) is 9.78 Å². The van der Waals surface area contributed by atoms with Gasteiger partial charge in [-0.25, -0.2) is 4.79 Å². The molecule has 0 unspecified atom stereocenters. The molecule has 1 aliphatic rings. The number of aromatic amines is 1. The number of aryl methyl sites for hydroxylation is 1. The maximum absolute atomic E-state index is 12.9. The average molecular weight is 511 g/mol. The second-order valence-electron chi connectivity index (χ2n) is 9.35. The molecule has 0 saturated carbocycles. The quantitative estimate of drug-likeness (QED) is 0.331. The predicted octanol–water partition coefficient (Wildman–Crippen LogP) is 5.21. The first-order valence-corrected chi connectivity index (χ1v) is 12.5. The number of piperazine rings is 1. The molecule has 38 heavy (non-hydrogen) atoms. The summed E-state index contributed by atoms with van der Waals surface area (Å²) in [5, 5.41) is 5.64. The molecule has 3 N–H and O–H groups in total. The zero-order valence-corrected chi connectivity index (χ0v) is 21.4. The standard InChI is InChI=1S/C29H30N6O3/c1-20-4-3-5-23(16-20)33-29(37)32-22-6-8-24(9-7-22)38-25-10-11-30-27(18-25)26-17-21(19-31-26)28(36)35-14-12-34(2)13-15-35/h3-11,16-19,31H,12-15H2,1-2H3,(H2,32,33,37). The van der Waals surface area contributed by atoms with Crippen molar-refractivity contribution in [1.82, 2.24) is 19.8 Å². The van der Waals surface area contributed by atoms with Crippen molar-refractivity contribution in [2.75, 3.05) is 43.9 Å². The van der Waals surface area contributed by atoms with Gasteiger partial charge in [-0.05, 0) is 68.1 Å². The molecule has 1 saturated heterocycles. The minimum atomic E-state index is -0.320. The molecule has 0 bridgehead atoms. The number of carbonyl (C=O) groups excluding carboxylic acids is 2. The molecule has 0 atom stereocenters. The number of rotatable bonds is 6. The first-order valence-electron chi connectivity index (χ1n) is 12.5. The van der Waals surface area contributed by atoms with Crippen LogP contribution in [0, 0.1) is 6.92 Å². The van der Waals surface area contributed by atoms with E-state index in [0.717, 1.165) is 43.1 Å². The number of urea groups is 1. The summed E-state index contributed by atoms with van der Waals surface area (Å²) < 4.78 is 6.01. The molecule has 2 aromatic carbocycles. The lowest BCUT2D eigenvalue weighted by Crippen LogP contribution is -2.47. The molecular formula is C29H30N6O3. The lowest BCUT2D eigenvalue weighted by Gasteiger charge is -2.32. The maximum Gasteiger partial charge on any atom is 0.323 e. The Morgan fingerprint density at radius 2 is 1.66 bits per heavy atom. The Morgan fingerprint density at radius 3 is 2.42 bits per heavy atom. The molecule has 9 heteroatoms. The summed E-state index contributed by atoms with van der Waals surface area (Å²) in [6.07, 6.45) is 3.39. The summed E-state index contributed by atoms with van der Waals surface area (Å²) >= 11 is 0. The van der Waals surface area contributed by atoms with Crippen molar-refractivity contribution in [3.05, 3.63) is 90.3 Å². The Hall–Kier alpha value is -4.63. The number of likely N-dealkylation sites (N-methyl/N-ethyl adjacent to an activating group) is 1. The Labute approximate surface area is 221 Å². The van der Waals surface area contributed by atoms with Crippen molar-refractivity contribution >= 4 is 23.3 Å². The minimum Gasteiger partial charge on any atom is -0.457 e. The van der Waals surface area contributed by atoms with Gasteiger partial charge < -0.3 is 30.2 Å². The number of nitrogens with one attached hydrogen (secondary N) is 3. The van der Waals surface area contributed by atoms with Gasteiger partial charge in [-0.15, -0.1) is 0 Å². The second kappa shape index (κ2) is 11.2. The number of nitrogens with zero attached hydrogens (tertiary/aromatic N) is 3. The molecule has 0 spiro atoms. The van der Waals surface area contributed by atoms with E-state index in [1.54, 1.807) is 42.7 Å². The van der Waals surface area contributed by atoms with E-state index in [9.17, 15) is 9.59 Å². The van der Waals surface area contributed by atoms with Crippen LogP contribution in [-0.2, 0) is 0 Å². The summed E-state index contributed by atoms with van der Waals surface area (Å²) in [7, 11) is 2.06. The zero-order valence-electron chi connectivity index (χ0n) is 21.4. The van der Waals surface area contributed by atoms with Gasteiger partial charge in [0.1, 0.15) is 11.5 Å². The Bertz CT molecular complexity index is 1420. The third-order valence-electron chi connectivity index (χ3n) is 6.35. The largest absolute Gasteiger partial charge is 0.457 e. The fraction of sp³-hybridized carbons (Fsp3) is 0.207. The Morgan fingerprint density at radius 1 is 0.895 bits per heavy atom. The van der Waals surface area contributed by atoms with Crippen LogP contribution in [0.5, 0.6) is 11.5 Å². The average Bonchev–Trinajstić information content (AvgIpc) is 3.41. The van der Waals surface area contributed by atoms with Gasteiger partial charge in [0.05, 0.1) is 17.0 Å². The van der Waals surface area contributed by atoms with Gasteiger partial charge in [0.15, 0.2) is 0 Å². The summed E-state index contributed by atoms with van der Waals surface area (Å²) in [6, 6.07) is 19.8. The number of hydrogen-bond donors (Lipinski definition) is 3. The lowest BCUT2D eigenvalue weighted by molar-refractivity contribution is 0.0664. The molecule has 1 fully saturated rings. The lowest BCUT2D eigenvalue weighted by atomic mass is 10.2. The smallest absolute Gasteiger partial charge is 0.323 e. The van der Waals surface area contributed by atoms with Crippen LogP contribution in [0.15, 0.2) is 79.1 Å². The van der Waals surface area contributed by atoms with Crippen molar-refractivity contribution in [1.29, 1.82) is 0 Å². The molecule has 4 aromatic rings. The van der Waals surface area contributed by atoms with E-state index in [1.807, 2.05) is 48.2 Å². The van der Waals surface area contributed by atoms with Gasteiger partial charge in [0.25, 0.3) is 5.91 Å². The monoisotopic (exact) mass is 510 g/mol. The van der Waals surface area contributed by atoms with Crippen LogP contribution in [0.3, 0.4) is 0 Å². The molecule has 0 radical (unpaired) electrons. The number of pyridine rings is 1. The SMILES string of the molecule is Cc1cccc(NC(=O)Nc2ccc(Oc3ccnc(-c4cc(C(=O)N5CCN(C)CC5)c[nH]4)c3)cc2)c1. The highest BCUT2D eigenvalue weighted by molar-refractivity contribution is 5.99. The highest BCUT2D eigenvalue weighted by atomic mass is 16.5. The van der Waals surface area contributed by atoms with Gasteiger partial charge in [-0.1, -0.05) is 12.1 Å². The van der Waals surface area contributed by atoms with Gasteiger partial charge in [-0.2, -0.15) is 0 Å². The van der Waals surface area contributed by atoms with Crippen LogP contribution >= 0.6 is 0 Å². The molecule has 5 rings (SSSR count). The summed E-state index contributed by atoms with van der Waals surface area (Å²) in [6.45, 7) is 5.18. The number of H-pyrrole nitrogens is 1. The fourth-order valence-corrected chi connectivity index (χ4v) is 4.24. The summed E-state index contributed by atoms with van der Waals surface area (Å²) in [5.74, 6) is 1.24. The van der Waals surface area contributed by atoms with E-state index in [1.165, 1.54) is 0 Å². The van der Waals surface area contributed by atoms with Gasteiger partial charge in [0, 0.05) is 56.0 Å². The Balaban J connectivity index is 1.19. The van der Waals surface area contributed by atoms with E-state index in [-0.39, 0.29) is 11.9 Å². The van der Waals surface area contributed by atoms with E-state index in [0.29, 0.717) is 28.4 Å². The zero-order chi connectivity index (χ0) is 26.5. The first-order chi connectivity index (χ1) is 18.4. The van der Waals surface area contributed by atoms with Crippen LogP contribution in [0.2, 0.25) is 0 Å². The first kappa shape index (κ1) is 25.0. The van der Waals surface area contributed by atoms with Crippen molar-refractivity contribution < 1.29 is 14.3 Å². The number of anilines is 2. The van der Waals surface area contributed by atoms with Crippen LogP contribution in [0.25, 0.3) is 11.4 Å². The molecule has 9 nitrogen and oxygen atoms in total. The topological polar surface area (TPSA) is 103 Å². The van der Waals surface area contributed by atoms with Crippen molar-refractivity contribution in [3.63, 3.8) is 0 Å². The number of amides is 3. The van der Waals surface area contributed by atoms with Crippen molar-refractivity contribution in [2.45, 2.75) is 6.92 Å². The third-order valence-corrected chi connectivity index (χ3v) is 6.35. The van der Waals surface area contributed by atoms with Crippen LogP contribution in [0.4, 0.5) is 16.2 Å². The van der Waals surface area contributed by atoms with Crippen LogP contribution in [-0.4, -0.2) is 64.9 Å². The van der Waals surface area contributed by atoms with Crippen LogP contribution in [0.1, 0.15) is 15.9 Å². The molecule has 0 aliphatic carbocycles. The summed E-state index contributed by atoms with van der Waals surface area (Å²) in [4.78, 5) is 36.9. The van der Waals surface area contributed by atoms with Gasteiger partial charge in [0.2, 0.25) is 0 Å². The Kier molecular flexibility index (Phi) is 7.37. The van der Waals surface area contributed by atoms with Gasteiger partial charge >= 0.3 is 6.03 Å². The normalized spacial score (nSPS) is 13.7. The maximum atomic E-state index is 12.9. The van der Waals surface area contributed by atoms with E-state index < -0.39 is 0 Å². The number of carbonyl (C=O) groups is 2. The highest BCUT2D eigenvalue weighted by Crippen LogP contribution is 2.27. The predicted molar refractivity (Wildman–Crippen MR) is 148 cm³/mol. The molecule has 3 amide bonds. The van der Waals surface area contributed by atoms with E-state index in [4.69, 9.17) is 4.74 Å². The molecule has 3 heterocycles. The van der Waals surface area contributed by atoms with Crippen molar-refractivity contribution in [2.24, 2.45) is 0 Å². The van der Waals surface area contributed by atoms with Crippen molar-refractivity contribution in [3.8, 4) is 22.9 Å². The minimum absolute atomic E-state index is 0.0225. The number of ether oxygens (including phenoxy) is 1. The van der Waals surface area contributed by atoms with Crippen LogP contribution < -0.4 is 15.4 Å². The highest BCUT2D eigenvalue weighted by Gasteiger charge is 2.21. The molecule has 194 valence electrons. The summed E-state index contributed by atoms with van der Waals surface area (Å²) in [5.41, 5.74) is 4.47. The third kappa shape index (κ3) is 6.19. The molecule has 1 aliphatic heterocycles. The fourth-order valence-electron chi connectivity index (χ4n) is 4.24. The van der Waals surface area contributed by atoms with E-state index in [2.05, 4.69) is 32.5 Å². The number of benzene rings is 2.